The van der Waals surface area contributed by atoms with Crippen molar-refractivity contribution in [1.82, 2.24) is 19.5 Å². The molecule has 0 saturated carbocycles. The molecule has 90 valence electrons. The summed E-state index contributed by atoms with van der Waals surface area (Å²) in [7, 11) is 0. The smallest absolute Gasteiger partial charge is 0.300 e. The van der Waals surface area contributed by atoms with Gasteiger partial charge in [-0.15, -0.1) is 0 Å². The zero-order valence-corrected chi connectivity index (χ0v) is 9.04. The number of aromatic amines is 1. The third kappa shape index (κ3) is 1.63. The second-order valence-corrected chi connectivity index (χ2v) is 4.03. The average molecular weight is 236 g/mol. The van der Waals surface area contributed by atoms with E-state index in [9.17, 15) is 4.79 Å². The summed E-state index contributed by atoms with van der Waals surface area (Å²) in [5.41, 5.74) is 0.561. The summed E-state index contributed by atoms with van der Waals surface area (Å²) in [4.78, 5) is 22.0. The predicted octanol–water partition coefficient (Wildman–Crippen LogP) is -0.211. The van der Waals surface area contributed by atoms with E-state index in [1.54, 1.807) is 10.9 Å². The molecule has 0 radical (unpaired) electrons. The van der Waals surface area contributed by atoms with Gasteiger partial charge in [0.05, 0.1) is 25.4 Å². The monoisotopic (exact) mass is 236 g/mol. The first kappa shape index (κ1) is 10.4. The van der Waals surface area contributed by atoms with E-state index in [4.69, 9.17) is 9.84 Å². The van der Waals surface area contributed by atoms with Crippen molar-refractivity contribution in [3.05, 3.63) is 23.0 Å². The van der Waals surface area contributed by atoms with Gasteiger partial charge in [0, 0.05) is 0 Å². The van der Waals surface area contributed by atoms with Gasteiger partial charge in [-0.25, -0.2) is 4.98 Å². The van der Waals surface area contributed by atoms with Crippen LogP contribution in [0.4, 0.5) is 0 Å². The summed E-state index contributed by atoms with van der Waals surface area (Å²) < 4.78 is 7.41. The molecule has 0 bridgehead atoms. The van der Waals surface area contributed by atoms with Crippen LogP contribution < -0.4 is 5.56 Å². The number of fused-ring (bicyclic) bond motifs is 1. The van der Waals surface area contributed by atoms with Crippen molar-refractivity contribution in [2.45, 2.75) is 25.2 Å². The Balaban J connectivity index is 2.02. The fraction of sp³-hybridized carbons (Fsp3) is 0.500. The number of hydrogen-bond acceptors (Lipinski definition) is 5. The number of hydrogen-bond donors (Lipinski definition) is 2. The third-order valence-corrected chi connectivity index (χ3v) is 2.98. The van der Waals surface area contributed by atoms with E-state index >= 15 is 0 Å². The largest absolute Gasteiger partial charge is 0.394 e. The molecule has 0 amide bonds. The zero-order valence-electron chi connectivity index (χ0n) is 9.04. The van der Waals surface area contributed by atoms with Crippen LogP contribution >= 0.6 is 0 Å². The number of imidazole rings is 1. The van der Waals surface area contributed by atoms with Crippen LogP contribution in [0.2, 0.25) is 0 Å². The van der Waals surface area contributed by atoms with Crippen molar-refractivity contribution in [2.24, 2.45) is 0 Å². The van der Waals surface area contributed by atoms with Gasteiger partial charge in [-0.05, 0) is 12.8 Å². The summed E-state index contributed by atoms with van der Waals surface area (Å²) >= 11 is 0. The number of aliphatic hydroxyl groups excluding tert-OH is 1. The standard InChI is InChI=1S/C10H12N4O3/c15-3-6-1-2-7(17-6)14-5-13-8-9(14)11-4-12-10(8)16/h4-7,15H,1-3H2,(H,11,12,16)/t6-,7?/m0/s1. The molecule has 17 heavy (non-hydrogen) atoms. The molecule has 1 unspecified atom stereocenters. The van der Waals surface area contributed by atoms with Crippen LogP contribution in [0.25, 0.3) is 11.2 Å². The maximum absolute atomic E-state index is 11.4. The van der Waals surface area contributed by atoms with E-state index in [0.717, 1.165) is 12.8 Å². The number of ether oxygens (including phenoxy) is 1. The van der Waals surface area contributed by atoms with Gasteiger partial charge in [0.15, 0.2) is 5.52 Å². The Morgan fingerprint density at radius 1 is 1.53 bits per heavy atom. The fourth-order valence-corrected chi connectivity index (χ4v) is 2.12. The molecular weight excluding hydrogens is 224 g/mol. The zero-order chi connectivity index (χ0) is 11.8. The van der Waals surface area contributed by atoms with E-state index in [1.807, 2.05) is 0 Å². The van der Waals surface area contributed by atoms with Crippen LogP contribution in [0.3, 0.4) is 0 Å². The summed E-state index contributed by atoms with van der Waals surface area (Å²) in [6.45, 7) is 0.0151. The van der Waals surface area contributed by atoms with Crippen LogP contribution in [0.15, 0.2) is 17.4 Å². The molecule has 0 spiro atoms. The Morgan fingerprint density at radius 3 is 3.18 bits per heavy atom. The molecule has 2 aromatic rings. The maximum Gasteiger partial charge on any atom is 0.300 e. The van der Waals surface area contributed by atoms with Gasteiger partial charge in [-0.2, -0.15) is 4.98 Å². The normalized spacial score (nSPS) is 24.5. The average Bonchev–Trinajstić information content (AvgIpc) is 2.94. The van der Waals surface area contributed by atoms with Crippen molar-refractivity contribution in [3.8, 4) is 0 Å². The highest BCUT2D eigenvalue weighted by Crippen LogP contribution is 2.29. The summed E-state index contributed by atoms with van der Waals surface area (Å²) in [5.74, 6) is 0. The molecule has 2 atom stereocenters. The highest BCUT2D eigenvalue weighted by atomic mass is 16.5. The van der Waals surface area contributed by atoms with Crippen LogP contribution in [-0.2, 0) is 4.74 Å². The fourth-order valence-electron chi connectivity index (χ4n) is 2.12. The van der Waals surface area contributed by atoms with E-state index in [1.165, 1.54) is 6.33 Å². The lowest BCUT2D eigenvalue weighted by atomic mass is 10.2. The van der Waals surface area contributed by atoms with Crippen molar-refractivity contribution < 1.29 is 9.84 Å². The van der Waals surface area contributed by atoms with Crippen LogP contribution in [0, 0.1) is 0 Å². The molecule has 3 heterocycles. The molecule has 7 heteroatoms. The van der Waals surface area contributed by atoms with Crippen LogP contribution in [0.1, 0.15) is 19.1 Å². The molecule has 1 aliphatic rings. The highest BCUT2D eigenvalue weighted by Gasteiger charge is 2.27. The van der Waals surface area contributed by atoms with E-state index in [-0.39, 0.29) is 24.5 Å². The van der Waals surface area contributed by atoms with Gasteiger partial charge in [0.2, 0.25) is 0 Å². The molecule has 1 aliphatic heterocycles. The summed E-state index contributed by atoms with van der Waals surface area (Å²) in [6.07, 6.45) is 4.19. The molecular formula is C10H12N4O3. The number of rotatable bonds is 2. The Hall–Kier alpha value is -1.73. The van der Waals surface area contributed by atoms with E-state index < -0.39 is 0 Å². The number of aromatic nitrogens is 4. The van der Waals surface area contributed by atoms with Crippen molar-refractivity contribution in [1.29, 1.82) is 0 Å². The van der Waals surface area contributed by atoms with E-state index in [0.29, 0.717) is 11.2 Å². The molecule has 0 aromatic carbocycles. The molecule has 3 rings (SSSR count). The summed E-state index contributed by atoms with van der Waals surface area (Å²) in [6, 6.07) is 0. The van der Waals surface area contributed by atoms with Gasteiger partial charge in [-0.3, -0.25) is 9.36 Å². The topological polar surface area (TPSA) is 93.0 Å². The second kappa shape index (κ2) is 3.94. The van der Waals surface area contributed by atoms with Gasteiger partial charge in [-0.1, -0.05) is 0 Å². The Kier molecular flexibility index (Phi) is 2.41. The van der Waals surface area contributed by atoms with Crippen molar-refractivity contribution >= 4 is 11.2 Å². The molecule has 1 saturated heterocycles. The molecule has 2 N–H and O–H groups in total. The summed E-state index contributed by atoms with van der Waals surface area (Å²) in [5, 5.41) is 9.02. The quantitative estimate of drug-likeness (QED) is 0.752. The predicted molar refractivity (Wildman–Crippen MR) is 58.4 cm³/mol. The van der Waals surface area contributed by atoms with Gasteiger partial charge in [0.25, 0.3) is 0 Å². The minimum absolute atomic E-state index is 0.0151. The van der Waals surface area contributed by atoms with Gasteiger partial charge < -0.3 is 14.8 Å². The first-order valence-electron chi connectivity index (χ1n) is 5.46. The molecule has 7 nitrogen and oxygen atoms in total. The van der Waals surface area contributed by atoms with Crippen molar-refractivity contribution in [3.63, 3.8) is 0 Å². The molecule has 1 fully saturated rings. The third-order valence-electron chi connectivity index (χ3n) is 2.98. The Bertz CT molecular complexity index is 590. The highest BCUT2D eigenvalue weighted by molar-refractivity contribution is 5.68. The lowest BCUT2D eigenvalue weighted by molar-refractivity contribution is -0.0207. The maximum atomic E-state index is 11.4. The SMILES string of the molecule is O=c1nc[nH]c2c1ncn2C1CC[C@@H](CO)O1. The van der Waals surface area contributed by atoms with Crippen molar-refractivity contribution in [2.75, 3.05) is 6.61 Å². The molecule has 2 aromatic heterocycles. The second-order valence-electron chi connectivity index (χ2n) is 4.03. The Labute approximate surface area is 96.1 Å². The number of aliphatic hydroxyl groups is 1. The minimum atomic E-state index is -0.353. The lowest BCUT2D eigenvalue weighted by Crippen LogP contribution is -2.14. The molecule has 0 aliphatic carbocycles. The van der Waals surface area contributed by atoms with Crippen LogP contribution in [-0.4, -0.2) is 37.3 Å². The van der Waals surface area contributed by atoms with Gasteiger partial charge in [0.1, 0.15) is 11.9 Å². The van der Waals surface area contributed by atoms with Gasteiger partial charge >= 0.3 is 5.56 Å². The van der Waals surface area contributed by atoms with Crippen LogP contribution in [0.5, 0.6) is 0 Å². The minimum Gasteiger partial charge on any atom is -0.394 e. The number of H-pyrrole nitrogens is 1. The first-order chi connectivity index (χ1) is 8.29. The number of nitrogens with zero attached hydrogens (tertiary/aromatic N) is 3. The number of nitrogens with one attached hydrogen (secondary N) is 1. The lowest BCUT2D eigenvalue weighted by Gasteiger charge is -2.13. The first-order valence-corrected chi connectivity index (χ1v) is 5.46. The Morgan fingerprint density at radius 2 is 2.41 bits per heavy atom. The van der Waals surface area contributed by atoms with E-state index in [2.05, 4.69) is 15.0 Å².